The van der Waals surface area contributed by atoms with Crippen LogP contribution in [0, 0.1) is 5.82 Å². The second-order valence-electron chi connectivity index (χ2n) is 9.48. The van der Waals surface area contributed by atoms with E-state index in [2.05, 4.69) is 15.6 Å². The van der Waals surface area contributed by atoms with Gasteiger partial charge in [0.25, 0.3) is 11.8 Å². The molecule has 4 rings (SSSR count). The Morgan fingerprint density at radius 3 is 2.50 bits per heavy atom. The van der Waals surface area contributed by atoms with E-state index in [1.807, 2.05) is 0 Å². The largest absolute Gasteiger partial charge is 0.393 e. The molecular formula is C26H29FN4O4S. The number of aliphatic hydroxyl groups excluding tert-OH is 1. The molecule has 1 fully saturated rings. The monoisotopic (exact) mass is 512 g/mol. The fourth-order valence-electron chi connectivity index (χ4n) is 4.12. The number of primary amides is 1. The molecule has 1 aliphatic carbocycles. The molecule has 36 heavy (non-hydrogen) atoms. The third-order valence-electron chi connectivity index (χ3n) is 6.19. The molecule has 2 heterocycles. The summed E-state index contributed by atoms with van der Waals surface area (Å²) in [4.78, 5) is 29.6. The summed E-state index contributed by atoms with van der Waals surface area (Å²) in [5.41, 5.74) is 5.44. The maximum Gasteiger partial charge on any atom is 0.270 e. The molecule has 1 aliphatic rings. The highest BCUT2D eigenvalue weighted by Gasteiger charge is 2.23. The van der Waals surface area contributed by atoms with Crippen molar-refractivity contribution in [2.45, 2.75) is 57.3 Å². The van der Waals surface area contributed by atoms with Crippen LogP contribution in [0.4, 0.5) is 15.2 Å². The van der Waals surface area contributed by atoms with Crippen molar-refractivity contribution < 1.29 is 24.2 Å². The molecule has 0 aliphatic heterocycles. The van der Waals surface area contributed by atoms with Crippen LogP contribution < -0.4 is 16.4 Å². The molecule has 2 aromatic heterocycles. The number of halogens is 1. The molecule has 3 aromatic rings. The van der Waals surface area contributed by atoms with Crippen LogP contribution in [0.3, 0.4) is 0 Å². The first-order chi connectivity index (χ1) is 17.0. The Kier molecular flexibility index (Phi) is 7.39. The van der Waals surface area contributed by atoms with E-state index in [4.69, 9.17) is 5.73 Å². The summed E-state index contributed by atoms with van der Waals surface area (Å²) in [6, 6.07) is 10.8. The number of hydrogen-bond donors (Lipinski definition) is 5. The van der Waals surface area contributed by atoms with Gasteiger partial charge in [-0.3, -0.25) is 9.59 Å². The quantitative estimate of drug-likeness (QED) is 0.324. The zero-order valence-corrected chi connectivity index (χ0v) is 20.9. The van der Waals surface area contributed by atoms with Gasteiger partial charge in [-0.2, -0.15) is 0 Å². The number of nitrogens with zero attached hydrogens (tertiary/aromatic N) is 1. The average Bonchev–Trinajstić information content (AvgIpc) is 3.23. The first kappa shape index (κ1) is 25.7. The number of anilines is 2. The summed E-state index contributed by atoms with van der Waals surface area (Å²) >= 11 is 1.13. The molecule has 1 aromatic carbocycles. The van der Waals surface area contributed by atoms with Gasteiger partial charge in [0.15, 0.2) is 0 Å². The van der Waals surface area contributed by atoms with Crippen molar-refractivity contribution in [2.24, 2.45) is 5.73 Å². The molecule has 0 saturated heterocycles. The van der Waals surface area contributed by atoms with Crippen molar-refractivity contribution in [3.63, 3.8) is 0 Å². The Morgan fingerprint density at radius 1 is 1.14 bits per heavy atom. The number of aromatic nitrogens is 1. The van der Waals surface area contributed by atoms with Gasteiger partial charge in [-0.05, 0) is 69.4 Å². The van der Waals surface area contributed by atoms with Crippen LogP contribution >= 0.6 is 11.3 Å². The minimum atomic E-state index is -1.19. The minimum absolute atomic E-state index is 0.0154. The summed E-state index contributed by atoms with van der Waals surface area (Å²) in [5.74, 6) is -1.22. The summed E-state index contributed by atoms with van der Waals surface area (Å²) in [7, 11) is 0. The number of amides is 2. The third-order valence-corrected chi connectivity index (χ3v) is 7.28. The van der Waals surface area contributed by atoms with Gasteiger partial charge in [-0.15, -0.1) is 11.3 Å². The highest BCUT2D eigenvalue weighted by Crippen LogP contribution is 2.38. The predicted molar refractivity (Wildman–Crippen MR) is 137 cm³/mol. The number of hydrogen-bond acceptors (Lipinski definition) is 7. The Balaban J connectivity index is 1.55. The molecule has 190 valence electrons. The smallest absolute Gasteiger partial charge is 0.270 e. The number of nitrogens with two attached hydrogens (primary N) is 1. The molecule has 6 N–H and O–H groups in total. The summed E-state index contributed by atoms with van der Waals surface area (Å²) in [5, 5.41) is 26.2. The van der Waals surface area contributed by atoms with Gasteiger partial charge in [0.05, 0.1) is 17.3 Å². The van der Waals surface area contributed by atoms with Gasteiger partial charge in [0, 0.05) is 16.5 Å². The number of rotatable bonds is 7. The first-order valence-corrected chi connectivity index (χ1v) is 12.5. The molecule has 0 unspecified atom stereocenters. The van der Waals surface area contributed by atoms with Gasteiger partial charge < -0.3 is 26.6 Å². The second kappa shape index (κ2) is 10.3. The lowest BCUT2D eigenvalue weighted by molar-refractivity contribution is 0.0782. The number of carbonyl (C=O) groups excluding carboxylic acids is 2. The van der Waals surface area contributed by atoms with Crippen molar-refractivity contribution >= 4 is 34.0 Å². The summed E-state index contributed by atoms with van der Waals surface area (Å²) in [6.07, 6.45) is 2.40. The van der Waals surface area contributed by atoms with E-state index >= 15 is 0 Å². The lowest BCUT2D eigenvalue weighted by atomic mass is 9.93. The molecule has 0 bridgehead atoms. The van der Waals surface area contributed by atoms with Crippen molar-refractivity contribution in [2.75, 3.05) is 5.32 Å². The molecule has 0 spiro atoms. The number of benzene rings is 1. The van der Waals surface area contributed by atoms with Crippen LogP contribution in [0.5, 0.6) is 0 Å². The maximum absolute atomic E-state index is 14.9. The Morgan fingerprint density at radius 2 is 1.86 bits per heavy atom. The van der Waals surface area contributed by atoms with Crippen LogP contribution in [0.25, 0.3) is 10.4 Å². The SMILES string of the molecule is CC(C)(O)c1ccc(-c2cc(C(N)=O)c(Nc3cccc(C(=O)NC4CCC(O)CC4)n3)s2)c(F)c1. The van der Waals surface area contributed by atoms with Gasteiger partial charge >= 0.3 is 0 Å². The van der Waals surface area contributed by atoms with Gasteiger partial charge in [-0.1, -0.05) is 18.2 Å². The lowest BCUT2D eigenvalue weighted by Gasteiger charge is -2.26. The highest BCUT2D eigenvalue weighted by atomic mass is 32.1. The molecule has 1 saturated carbocycles. The van der Waals surface area contributed by atoms with Crippen molar-refractivity contribution in [3.8, 4) is 10.4 Å². The summed E-state index contributed by atoms with van der Waals surface area (Å²) < 4.78 is 14.9. The van der Waals surface area contributed by atoms with Gasteiger partial charge in [0.1, 0.15) is 22.3 Å². The van der Waals surface area contributed by atoms with E-state index in [1.165, 1.54) is 12.1 Å². The number of aliphatic hydroxyl groups is 2. The lowest BCUT2D eigenvalue weighted by Crippen LogP contribution is -2.38. The number of thiophene rings is 1. The fraction of sp³-hybridized carbons (Fsp3) is 0.346. The Bertz CT molecular complexity index is 1280. The van der Waals surface area contributed by atoms with E-state index in [0.29, 0.717) is 46.9 Å². The standard InChI is InChI=1S/C26H29FN4O4S/c1-26(2,35)14-6-11-17(19(27)12-14)21-13-18(23(28)33)25(36-21)31-22-5-3-4-20(30-22)24(34)29-15-7-9-16(32)10-8-15/h3-6,11-13,15-16,32,35H,7-10H2,1-2H3,(H2,28,33)(H,29,34)(H,30,31). The number of pyridine rings is 1. The van der Waals surface area contributed by atoms with Crippen LogP contribution in [0.1, 0.15) is 65.9 Å². The number of carbonyl (C=O) groups is 2. The first-order valence-electron chi connectivity index (χ1n) is 11.7. The van der Waals surface area contributed by atoms with Crippen molar-refractivity contribution in [3.05, 3.63) is 65.1 Å². The highest BCUT2D eigenvalue weighted by molar-refractivity contribution is 7.20. The third kappa shape index (κ3) is 5.89. The predicted octanol–water partition coefficient (Wildman–Crippen LogP) is 4.05. The van der Waals surface area contributed by atoms with Crippen LogP contribution in [0.15, 0.2) is 42.5 Å². The topological polar surface area (TPSA) is 138 Å². The van der Waals surface area contributed by atoms with Crippen LogP contribution in [-0.4, -0.2) is 39.2 Å². The average molecular weight is 513 g/mol. The molecule has 10 heteroatoms. The van der Waals surface area contributed by atoms with E-state index in [0.717, 1.165) is 11.3 Å². The van der Waals surface area contributed by atoms with Crippen LogP contribution in [-0.2, 0) is 5.60 Å². The zero-order chi connectivity index (χ0) is 26.0. The van der Waals surface area contributed by atoms with Gasteiger partial charge in [0.2, 0.25) is 0 Å². The molecular weight excluding hydrogens is 483 g/mol. The zero-order valence-electron chi connectivity index (χ0n) is 20.0. The maximum atomic E-state index is 14.9. The molecule has 8 nitrogen and oxygen atoms in total. The fourth-order valence-corrected chi connectivity index (χ4v) is 5.22. The Labute approximate surface area is 212 Å². The van der Waals surface area contributed by atoms with Crippen LogP contribution in [0.2, 0.25) is 0 Å². The van der Waals surface area contributed by atoms with E-state index in [1.54, 1.807) is 44.2 Å². The minimum Gasteiger partial charge on any atom is -0.393 e. The Hall–Kier alpha value is -3.34. The molecule has 2 amide bonds. The van der Waals surface area contributed by atoms with Gasteiger partial charge in [-0.25, -0.2) is 9.37 Å². The van der Waals surface area contributed by atoms with Crippen molar-refractivity contribution in [1.82, 2.24) is 10.3 Å². The van der Waals surface area contributed by atoms with Crippen molar-refractivity contribution in [1.29, 1.82) is 0 Å². The van der Waals surface area contributed by atoms with E-state index in [9.17, 15) is 24.2 Å². The summed E-state index contributed by atoms with van der Waals surface area (Å²) in [6.45, 7) is 3.14. The van der Waals surface area contributed by atoms with E-state index < -0.39 is 17.3 Å². The normalized spacial score (nSPS) is 18.0. The molecule has 0 radical (unpaired) electrons. The number of nitrogens with one attached hydrogen (secondary N) is 2. The molecule has 0 atom stereocenters. The second-order valence-corrected chi connectivity index (χ2v) is 10.5. The van der Waals surface area contributed by atoms with E-state index in [-0.39, 0.29) is 34.9 Å².